The predicted molar refractivity (Wildman–Crippen MR) is 103 cm³/mol. The van der Waals surface area contributed by atoms with Gasteiger partial charge in [-0.3, -0.25) is 9.78 Å². The molecule has 2 heterocycles. The molecule has 0 fully saturated rings. The molecule has 1 N–H and O–H groups in total. The molecule has 0 aliphatic heterocycles. The summed E-state index contributed by atoms with van der Waals surface area (Å²) >= 11 is 6.31. The Balaban J connectivity index is 1.77. The number of hydrogen-bond donors (Lipinski definition) is 1. The topological polar surface area (TPSA) is 81.4 Å². The third-order valence-corrected chi connectivity index (χ3v) is 4.69. The van der Waals surface area contributed by atoms with Crippen LogP contribution in [-0.2, 0) is 11.3 Å². The van der Waals surface area contributed by atoms with Gasteiger partial charge in [0.1, 0.15) is 11.3 Å². The van der Waals surface area contributed by atoms with E-state index in [1.165, 1.54) is 6.07 Å². The highest BCUT2D eigenvalue weighted by Crippen LogP contribution is 2.32. The first-order chi connectivity index (χ1) is 12.9. The van der Waals surface area contributed by atoms with Crippen LogP contribution >= 0.6 is 11.6 Å². The van der Waals surface area contributed by atoms with E-state index in [1.807, 2.05) is 19.1 Å². The number of ether oxygens (including phenoxy) is 1. The molecule has 27 heavy (non-hydrogen) atoms. The molecule has 6 nitrogen and oxygen atoms in total. The highest BCUT2D eigenvalue weighted by molar-refractivity contribution is 6.32. The lowest BCUT2D eigenvalue weighted by Gasteiger charge is -2.16. The Morgan fingerprint density at radius 1 is 1.26 bits per heavy atom. The van der Waals surface area contributed by atoms with Crippen LogP contribution in [0.4, 0.5) is 0 Å². The van der Waals surface area contributed by atoms with Crippen LogP contribution in [0, 0.1) is 13.8 Å². The molecule has 1 unspecified atom stereocenters. The van der Waals surface area contributed by atoms with Crippen molar-refractivity contribution in [1.82, 2.24) is 10.3 Å². The molecule has 7 heteroatoms. The van der Waals surface area contributed by atoms with Gasteiger partial charge in [0.2, 0.25) is 0 Å². The van der Waals surface area contributed by atoms with Crippen molar-refractivity contribution in [3.05, 3.63) is 68.8 Å². The second kappa shape index (κ2) is 7.80. The number of pyridine rings is 1. The molecule has 0 radical (unpaired) electrons. The molecule has 3 aromatic rings. The van der Waals surface area contributed by atoms with Crippen molar-refractivity contribution in [2.75, 3.05) is 0 Å². The van der Waals surface area contributed by atoms with Crippen LogP contribution < -0.4 is 15.7 Å². The van der Waals surface area contributed by atoms with Crippen LogP contribution in [-0.4, -0.2) is 17.0 Å². The number of nitrogens with zero attached hydrogens (tertiary/aromatic N) is 1. The van der Waals surface area contributed by atoms with Crippen molar-refractivity contribution in [2.45, 2.75) is 33.4 Å². The van der Waals surface area contributed by atoms with Crippen molar-refractivity contribution in [2.24, 2.45) is 0 Å². The molecule has 1 aromatic carbocycles. The lowest BCUT2D eigenvalue weighted by Crippen LogP contribution is -2.35. The Kier molecular flexibility index (Phi) is 5.46. The third-order valence-electron chi connectivity index (χ3n) is 4.40. The molecule has 2 aromatic heterocycles. The van der Waals surface area contributed by atoms with Crippen molar-refractivity contribution in [3.63, 3.8) is 0 Å². The number of nitrogens with one attached hydrogen (secondary N) is 1. The Morgan fingerprint density at radius 2 is 1.96 bits per heavy atom. The molecule has 1 atom stereocenters. The fourth-order valence-corrected chi connectivity index (χ4v) is 2.82. The average Bonchev–Trinajstić information content (AvgIpc) is 2.66. The van der Waals surface area contributed by atoms with Gasteiger partial charge in [0.25, 0.3) is 5.91 Å². The third kappa shape index (κ3) is 4.11. The molecule has 0 aliphatic carbocycles. The zero-order chi connectivity index (χ0) is 19.6. The fraction of sp³-hybridized carbons (Fsp3) is 0.250. The van der Waals surface area contributed by atoms with Crippen LogP contribution in [0.1, 0.15) is 23.6 Å². The molecule has 0 saturated carbocycles. The molecule has 0 aliphatic rings. The van der Waals surface area contributed by atoms with Gasteiger partial charge in [-0.1, -0.05) is 11.6 Å². The van der Waals surface area contributed by atoms with Gasteiger partial charge in [-0.05, 0) is 50.1 Å². The van der Waals surface area contributed by atoms with Gasteiger partial charge >= 0.3 is 5.63 Å². The molecule has 0 spiro atoms. The number of rotatable bonds is 5. The van der Waals surface area contributed by atoms with Gasteiger partial charge in [0.05, 0.1) is 5.02 Å². The van der Waals surface area contributed by atoms with E-state index in [0.717, 1.165) is 16.5 Å². The van der Waals surface area contributed by atoms with Gasteiger partial charge in [-0.15, -0.1) is 0 Å². The van der Waals surface area contributed by atoms with Gasteiger partial charge in [-0.25, -0.2) is 4.79 Å². The largest absolute Gasteiger partial charge is 0.479 e. The standard InChI is InChI=1S/C20H19ClN2O4/c1-11-12(2)20(25)27-17-9-18(16(21)8-15(11)17)26-13(3)19(24)23-10-14-4-6-22-7-5-14/h4-9,13H,10H2,1-3H3,(H,23,24). The van der Waals surface area contributed by atoms with Gasteiger partial charge in [0, 0.05) is 36.0 Å². The number of amides is 1. The summed E-state index contributed by atoms with van der Waals surface area (Å²) in [5.41, 5.74) is 2.24. The summed E-state index contributed by atoms with van der Waals surface area (Å²) in [6, 6.07) is 6.86. The SMILES string of the molecule is Cc1c(C)c2cc(Cl)c(OC(C)C(=O)NCc3ccncc3)cc2oc1=O. The maximum atomic E-state index is 12.3. The number of aryl methyl sites for hydroxylation is 1. The van der Waals surface area contributed by atoms with Crippen LogP contribution in [0.5, 0.6) is 5.75 Å². The Bertz CT molecular complexity index is 1050. The number of fused-ring (bicyclic) bond motifs is 1. The van der Waals surface area contributed by atoms with Gasteiger partial charge in [0.15, 0.2) is 6.10 Å². The van der Waals surface area contributed by atoms with Crippen LogP contribution in [0.2, 0.25) is 5.02 Å². The first-order valence-electron chi connectivity index (χ1n) is 8.43. The summed E-state index contributed by atoms with van der Waals surface area (Å²) in [5, 5.41) is 3.87. The second-order valence-electron chi connectivity index (χ2n) is 6.25. The zero-order valence-corrected chi connectivity index (χ0v) is 16.0. The minimum Gasteiger partial charge on any atom is -0.479 e. The highest BCUT2D eigenvalue weighted by Gasteiger charge is 2.18. The number of hydrogen-bond acceptors (Lipinski definition) is 5. The Hall–Kier alpha value is -2.86. The molecule has 1 amide bonds. The number of benzene rings is 1. The van der Waals surface area contributed by atoms with Crippen molar-refractivity contribution < 1.29 is 13.9 Å². The number of carbonyl (C=O) groups excluding carboxylic acids is 1. The second-order valence-corrected chi connectivity index (χ2v) is 6.66. The summed E-state index contributed by atoms with van der Waals surface area (Å²) in [6.45, 7) is 5.53. The lowest BCUT2D eigenvalue weighted by atomic mass is 10.1. The van der Waals surface area contributed by atoms with Crippen LogP contribution in [0.25, 0.3) is 11.0 Å². The zero-order valence-electron chi connectivity index (χ0n) is 15.2. The minimum atomic E-state index is -0.778. The van der Waals surface area contributed by atoms with Crippen LogP contribution in [0.15, 0.2) is 45.9 Å². The van der Waals surface area contributed by atoms with E-state index in [-0.39, 0.29) is 11.7 Å². The first-order valence-corrected chi connectivity index (χ1v) is 8.81. The molecule has 0 bridgehead atoms. The number of carbonyl (C=O) groups is 1. The minimum absolute atomic E-state index is 0.280. The van der Waals surface area contributed by atoms with E-state index < -0.39 is 11.7 Å². The smallest absolute Gasteiger partial charge is 0.339 e. The summed E-state index contributed by atoms with van der Waals surface area (Å²) in [5.74, 6) is -0.00774. The molecular weight excluding hydrogens is 368 g/mol. The van der Waals surface area contributed by atoms with E-state index >= 15 is 0 Å². The predicted octanol–water partition coefficient (Wildman–Crippen LogP) is 3.54. The Morgan fingerprint density at radius 3 is 2.67 bits per heavy atom. The van der Waals surface area contributed by atoms with Crippen molar-refractivity contribution >= 4 is 28.5 Å². The van der Waals surface area contributed by atoms with Crippen LogP contribution in [0.3, 0.4) is 0 Å². The van der Waals surface area contributed by atoms with E-state index in [9.17, 15) is 9.59 Å². The number of aromatic nitrogens is 1. The quantitative estimate of drug-likeness (QED) is 0.678. The normalized spacial score (nSPS) is 12.0. The number of halogens is 1. The lowest BCUT2D eigenvalue weighted by molar-refractivity contribution is -0.127. The summed E-state index contributed by atoms with van der Waals surface area (Å²) < 4.78 is 11.0. The molecule has 3 rings (SSSR count). The maximum Gasteiger partial charge on any atom is 0.339 e. The van der Waals surface area contributed by atoms with E-state index in [0.29, 0.717) is 22.7 Å². The maximum absolute atomic E-state index is 12.3. The monoisotopic (exact) mass is 386 g/mol. The summed E-state index contributed by atoms with van der Waals surface area (Å²) in [4.78, 5) is 28.1. The summed E-state index contributed by atoms with van der Waals surface area (Å²) in [7, 11) is 0. The molecule has 140 valence electrons. The average molecular weight is 387 g/mol. The van der Waals surface area contributed by atoms with Crippen molar-refractivity contribution in [3.8, 4) is 5.75 Å². The highest BCUT2D eigenvalue weighted by atomic mass is 35.5. The fourth-order valence-electron chi connectivity index (χ4n) is 2.61. The first kappa shape index (κ1) is 18.9. The molecular formula is C20H19ClN2O4. The van der Waals surface area contributed by atoms with E-state index in [4.69, 9.17) is 20.8 Å². The van der Waals surface area contributed by atoms with Crippen molar-refractivity contribution in [1.29, 1.82) is 0 Å². The Labute approximate surface area is 161 Å². The van der Waals surface area contributed by atoms with E-state index in [2.05, 4.69) is 10.3 Å². The van der Waals surface area contributed by atoms with Gasteiger partial charge in [-0.2, -0.15) is 0 Å². The summed E-state index contributed by atoms with van der Waals surface area (Å²) in [6.07, 6.45) is 2.54. The van der Waals surface area contributed by atoms with E-state index in [1.54, 1.807) is 32.3 Å². The van der Waals surface area contributed by atoms with Gasteiger partial charge < -0.3 is 14.5 Å². The molecule has 0 saturated heterocycles.